The minimum Gasteiger partial charge on any atom is -0.300 e. The maximum Gasteiger partial charge on any atom is 0.132 e. The van der Waals surface area contributed by atoms with E-state index >= 15 is 0 Å². The quantitative estimate of drug-likeness (QED) is 0.141. The first-order valence-electron chi connectivity index (χ1n) is 14.1. The first-order valence-corrected chi connectivity index (χ1v) is 14.1. The van der Waals surface area contributed by atoms with Gasteiger partial charge in [0.15, 0.2) is 0 Å². The second-order valence-corrected chi connectivity index (χ2v) is 10.3. The molecule has 0 aliphatic carbocycles. The van der Waals surface area contributed by atoms with Crippen molar-refractivity contribution in [3.8, 4) is 0 Å². The molecule has 1 heteroatoms. The lowest BCUT2D eigenvalue weighted by atomic mass is 9.93. The van der Waals surface area contributed by atoms with Gasteiger partial charge in [-0.2, -0.15) is 0 Å². The largest absolute Gasteiger partial charge is 0.300 e. The molecule has 0 radical (unpaired) electrons. The van der Waals surface area contributed by atoms with Gasteiger partial charge in [0.1, 0.15) is 5.78 Å². The molecule has 0 aliphatic heterocycles. The van der Waals surface area contributed by atoms with Crippen LogP contribution in [0.1, 0.15) is 169 Å². The topological polar surface area (TPSA) is 17.1 Å². The average molecular weight is 423 g/mol. The van der Waals surface area contributed by atoms with Crippen LogP contribution in [-0.2, 0) is 4.79 Å². The highest BCUT2D eigenvalue weighted by molar-refractivity contribution is 5.77. The van der Waals surface area contributed by atoms with Crippen LogP contribution in [0.4, 0.5) is 0 Å². The predicted octanol–water partition coefficient (Wildman–Crippen LogP) is 10.4. The summed E-state index contributed by atoms with van der Waals surface area (Å²) in [4.78, 5) is 11.3. The SMILES string of the molecule is CCCCCCCCCCCCCCCCCCCCC(C)CCCC(C)C(C)=O. The fourth-order valence-corrected chi connectivity index (χ4v) is 4.51. The molecule has 30 heavy (non-hydrogen) atoms. The zero-order valence-electron chi connectivity index (χ0n) is 21.6. The van der Waals surface area contributed by atoms with Gasteiger partial charge in [0.25, 0.3) is 0 Å². The summed E-state index contributed by atoms with van der Waals surface area (Å²) in [5.41, 5.74) is 0. The maximum atomic E-state index is 11.3. The Morgan fingerprint density at radius 2 is 0.833 bits per heavy atom. The molecular weight excluding hydrogens is 364 g/mol. The van der Waals surface area contributed by atoms with E-state index in [1.54, 1.807) is 6.92 Å². The van der Waals surface area contributed by atoms with Crippen LogP contribution in [0.25, 0.3) is 0 Å². The molecule has 0 aromatic heterocycles. The molecule has 0 aromatic carbocycles. The fraction of sp³-hybridized carbons (Fsp3) is 0.966. The van der Waals surface area contributed by atoms with E-state index < -0.39 is 0 Å². The molecule has 0 fully saturated rings. The molecule has 0 saturated carbocycles. The summed E-state index contributed by atoms with van der Waals surface area (Å²) >= 11 is 0. The molecule has 0 amide bonds. The molecule has 0 rings (SSSR count). The van der Waals surface area contributed by atoms with E-state index in [0.29, 0.717) is 5.78 Å². The lowest BCUT2D eigenvalue weighted by molar-refractivity contribution is -0.120. The normalized spacial score (nSPS) is 13.5. The second-order valence-electron chi connectivity index (χ2n) is 10.3. The molecule has 0 saturated heterocycles. The monoisotopic (exact) mass is 422 g/mol. The number of carbonyl (C=O) groups excluding carboxylic acids is 1. The lowest BCUT2D eigenvalue weighted by Crippen LogP contribution is -2.06. The van der Waals surface area contributed by atoms with E-state index in [9.17, 15) is 4.79 Å². The van der Waals surface area contributed by atoms with Crippen LogP contribution in [0.2, 0.25) is 0 Å². The van der Waals surface area contributed by atoms with Crippen molar-refractivity contribution in [3.05, 3.63) is 0 Å². The van der Waals surface area contributed by atoms with Crippen LogP contribution in [0.3, 0.4) is 0 Å². The Morgan fingerprint density at radius 3 is 1.20 bits per heavy atom. The Bertz CT molecular complexity index is 348. The first-order chi connectivity index (χ1) is 14.6. The molecule has 2 unspecified atom stereocenters. The van der Waals surface area contributed by atoms with Crippen molar-refractivity contribution < 1.29 is 4.79 Å². The summed E-state index contributed by atoms with van der Waals surface area (Å²) in [6, 6.07) is 0. The van der Waals surface area contributed by atoms with Gasteiger partial charge in [0.05, 0.1) is 0 Å². The summed E-state index contributed by atoms with van der Waals surface area (Å²) in [6.45, 7) is 8.49. The third kappa shape index (κ3) is 22.4. The van der Waals surface area contributed by atoms with Crippen molar-refractivity contribution in [3.63, 3.8) is 0 Å². The minimum absolute atomic E-state index is 0.266. The van der Waals surface area contributed by atoms with E-state index in [-0.39, 0.29) is 5.92 Å². The molecule has 0 spiro atoms. The van der Waals surface area contributed by atoms with E-state index in [2.05, 4.69) is 20.8 Å². The number of unbranched alkanes of at least 4 members (excludes halogenated alkanes) is 17. The Labute approximate surface area is 191 Å². The van der Waals surface area contributed by atoms with Crippen LogP contribution < -0.4 is 0 Å². The lowest BCUT2D eigenvalue weighted by Gasteiger charge is -2.12. The first kappa shape index (κ1) is 29.7. The summed E-state index contributed by atoms with van der Waals surface area (Å²) in [5, 5.41) is 0. The summed E-state index contributed by atoms with van der Waals surface area (Å²) in [6.07, 6.45) is 31.1. The average Bonchev–Trinajstić information content (AvgIpc) is 2.72. The Kier molecular flexibility index (Phi) is 23.1. The number of ketones is 1. The highest BCUT2D eigenvalue weighted by atomic mass is 16.1. The van der Waals surface area contributed by atoms with E-state index in [0.717, 1.165) is 12.3 Å². The van der Waals surface area contributed by atoms with Gasteiger partial charge in [-0.3, -0.25) is 4.79 Å². The number of rotatable bonds is 24. The number of hydrogen-bond donors (Lipinski definition) is 0. The Balaban J connectivity index is 3.16. The van der Waals surface area contributed by atoms with Crippen LogP contribution in [0.5, 0.6) is 0 Å². The second kappa shape index (κ2) is 23.3. The molecule has 2 atom stereocenters. The fourth-order valence-electron chi connectivity index (χ4n) is 4.51. The molecule has 180 valence electrons. The van der Waals surface area contributed by atoms with E-state index in [1.807, 2.05) is 0 Å². The van der Waals surface area contributed by atoms with Gasteiger partial charge in [0, 0.05) is 5.92 Å². The van der Waals surface area contributed by atoms with Crippen molar-refractivity contribution in [2.75, 3.05) is 0 Å². The van der Waals surface area contributed by atoms with Gasteiger partial charge in [-0.05, 0) is 19.3 Å². The van der Waals surface area contributed by atoms with E-state index in [4.69, 9.17) is 0 Å². The van der Waals surface area contributed by atoms with Gasteiger partial charge in [-0.25, -0.2) is 0 Å². The number of carbonyl (C=O) groups is 1. The molecule has 0 bridgehead atoms. The zero-order chi connectivity index (χ0) is 22.3. The predicted molar refractivity (Wildman–Crippen MR) is 136 cm³/mol. The summed E-state index contributed by atoms with van der Waals surface area (Å²) in [7, 11) is 0. The van der Waals surface area contributed by atoms with Crippen LogP contribution in [-0.4, -0.2) is 5.78 Å². The molecule has 0 aliphatic rings. The molecule has 0 heterocycles. The number of Topliss-reactive ketones (excluding diaryl/α,β-unsaturated/α-hetero) is 1. The van der Waals surface area contributed by atoms with Crippen molar-refractivity contribution in [2.24, 2.45) is 11.8 Å². The van der Waals surface area contributed by atoms with E-state index in [1.165, 1.54) is 135 Å². The minimum atomic E-state index is 0.266. The van der Waals surface area contributed by atoms with Gasteiger partial charge < -0.3 is 0 Å². The molecule has 0 aromatic rings. The third-order valence-electron chi connectivity index (χ3n) is 7.08. The zero-order valence-corrected chi connectivity index (χ0v) is 21.6. The van der Waals surface area contributed by atoms with Crippen molar-refractivity contribution in [1.82, 2.24) is 0 Å². The smallest absolute Gasteiger partial charge is 0.132 e. The summed E-state index contributed by atoms with van der Waals surface area (Å²) < 4.78 is 0. The Morgan fingerprint density at radius 1 is 0.500 bits per heavy atom. The van der Waals surface area contributed by atoms with Gasteiger partial charge in [0.2, 0.25) is 0 Å². The van der Waals surface area contributed by atoms with Crippen LogP contribution >= 0.6 is 0 Å². The standard InChI is InChI=1S/C29H58O/c1-5-6-7-8-9-10-11-12-13-14-15-16-17-18-19-20-21-22-24-27(2)25-23-26-28(3)29(4)30/h27-28H,5-26H2,1-4H3. The van der Waals surface area contributed by atoms with Crippen LogP contribution in [0.15, 0.2) is 0 Å². The summed E-state index contributed by atoms with van der Waals surface area (Å²) in [5.74, 6) is 1.46. The van der Waals surface area contributed by atoms with Crippen molar-refractivity contribution >= 4 is 5.78 Å². The third-order valence-corrected chi connectivity index (χ3v) is 7.08. The molecular formula is C29H58O. The van der Waals surface area contributed by atoms with Gasteiger partial charge >= 0.3 is 0 Å². The highest BCUT2D eigenvalue weighted by Crippen LogP contribution is 2.19. The highest BCUT2D eigenvalue weighted by Gasteiger charge is 2.08. The maximum absolute atomic E-state index is 11.3. The molecule has 1 nitrogen and oxygen atoms in total. The van der Waals surface area contributed by atoms with Gasteiger partial charge in [-0.15, -0.1) is 0 Å². The van der Waals surface area contributed by atoms with Gasteiger partial charge in [-0.1, -0.05) is 156 Å². The Hall–Kier alpha value is -0.330. The number of hydrogen-bond acceptors (Lipinski definition) is 1. The van der Waals surface area contributed by atoms with Crippen molar-refractivity contribution in [1.29, 1.82) is 0 Å². The van der Waals surface area contributed by atoms with Crippen LogP contribution in [0, 0.1) is 11.8 Å². The molecule has 0 N–H and O–H groups in total. The van der Waals surface area contributed by atoms with Crippen molar-refractivity contribution in [2.45, 2.75) is 169 Å².